The van der Waals surface area contributed by atoms with E-state index in [0.717, 1.165) is 32.3 Å². The number of nitrogens with one attached hydrogen (secondary N) is 1. The molecular formula is C26H23NO3S. The predicted octanol–water partition coefficient (Wildman–Crippen LogP) is 6.23. The molecule has 1 aromatic heterocycles. The van der Waals surface area contributed by atoms with Crippen LogP contribution in [0.1, 0.15) is 27.7 Å². The number of ether oxygens (including phenoxy) is 1. The van der Waals surface area contributed by atoms with Crippen LogP contribution < -0.4 is 5.32 Å². The lowest BCUT2D eigenvalue weighted by Crippen LogP contribution is -2.16. The summed E-state index contributed by atoms with van der Waals surface area (Å²) >= 11 is 1.40. The second-order valence-electron chi connectivity index (χ2n) is 7.19. The molecule has 31 heavy (non-hydrogen) atoms. The van der Waals surface area contributed by atoms with E-state index in [2.05, 4.69) is 5.32 Å². The highest BCUT2D eigenvalue weighted by Gasteiger charge is 2.25. The third kappa shape index (κ3) is 4.37. The van der Waals surface area contributed by atoms with Gasteiger partial charge in [0, 0.05) is 10.4 Å². The summed E-state index contributed by atoms with van der Waals surface area (Å²) in [5.74, 6) is -0.589. The fourth-order valence-electron chi connectivity index (χ4n) is 3.77. The standard InChI is InChI=1S/C26H23NO3S/c1-3-30-26(29)24-23(19-11-5-4-6-12-19)17(2)31-25(24)27-22(28)16-20-14-9-13-18-10-7-8-15-21(18)20/h4-15H,3,16H2,1-2H3,(H,27,28). The largest absolute Gasteiger partial charge is 0.462 e. The molecule has 1 amide bonds. The third-order valence-electron chi connectivity index (χ3n) is 5.11. The molecule has 1 N–H and O–H groups in total. The zero-order chi connectivity index (χ0) is 21.8. The van der Waals surface area contributed by atoms with Crippen LogP contribution >= 0.6 is 11.3 Å². The van der Waals surface area contributed by atoms with Crippen molar-refractivity contribution in [2.75, 3.05) is 11.9 Å². The molecule has 0 fully saturated rings. The maximum Gasteiger partial charge on any atom is 0.341 e. The maximum absolute atomic E-state index is 13.0. The smallest absolute Gasteiger partial charge is 0.341 e. The van der Waals surface area contributed by atoms with Gasteiger partial charge in [0.25, 0.3) is 0 Å². The fraction of sp³-hybridized carbons (Fsp3) is 0.154. The highest BCUT2D eigenvalue weighted by molar-refractivity contribution is 7.17. The van der Waals surface area contributed by atoms with Crippen LogP contribution in [0.25, 0.3) is 21.9 Å². The number of amides is 1. The van der Waals surface area contributed by atoms with Crippen LogP contribution in [0, 0.1) is 6.92 Å². The first-order valence-electron chi connectivity index (χ1n) is 10.2. The van der Waals surface area contributed by atoms with Crippen molar-refractivity contribution in [3.63, 3.8) is 0 Å². The Labute approximate surface area is 185 Å². The van der Waals surface area contributed by atoms with E-state index in [1.54, 1.807) is 6.92 Å². The summed E-state index contributed by atoms with van der Waals surface area (Å²) in [6, 6.07) is 23.7. The number of hydrogen-bond donors (Lipinski definition) is 1. The summed E-state index contributed by atoms with van der Waals surface area (Å²) in [5.41, 5.74) is 3.10. The van der Waals surface area contributed by atoms with Crippen LogP contribution in [0.2, 0.25) is 0 Å². The van der Waals surface area contributed by atoms with Crippen molar-refractivity contribution in [2.24, 2.45) is 0 Å². The number of fused-ring (bicyclic) bond motifs is 1. The minimum Gasteiger partial charge on any atom is -0.462 e. The van der Waals surface area contributed by atoms with Crippen molar-refractivity contribution in [1.29, 1.82) is 0 Å². The van der Waals surface area contributed by atoms with Gasteiger partial charge in [0.2, 0.25) is 5.91 Å². The molecule has 0 saturated carbocycles. The molecule has 4 rings (SSSR count). The van der Waals surface area contributed by atoms with Crippen LogP contribution in [-0.4, -0.2) is 18.5 Å². The van der Waals surface area contributed by atoms with Crippen molar-refractivity contribution in [1.82, 2.24) is 0 Å². The summed E-state index contributed by atoms with van der Waals surface area (Å²) in [5, 5.41) is 5.65. The molecule has 4 nitrogen and oxygen atoms in total. The van der Waals surface area contributed by atoms with Crippen LogP contribution in [0.4, 0.5) is 5.00 Å². The van der Waals surface area contributed by atoms with Crippen molar-refractivity contribution in [2.45, 2.75) is 20.3 Å². The molecule has 3 aromatic carbocycles. The molecule has 0 aliphatic heterocycles. The Kier molecular flexibility index (Phi) is 6.14. The molecule has 0 radical (unpaired) electrons. The molecule has 0 spiro atoms. The molecule has 0 aliphatic rings. The Morgan fingerprint density at radius 3 is 2.42 bits per heavy atom. The first-order valence-corrected chi connectivity index (χ1v) is 11.0. The SMILES string of the molecule is CCOC(=O)c1c(NC(=O)Cc2cccc3ccccc23)sc(C)c1-c1ccccc1. The van der Waals surface area contributed by atoms with Gasteiger partial charge in [-0.3, -0.25) is 4.79 Å². The number of esters is 1. The second-order valence-corrected chi connectivity index (χ2v) is 8.41. The summed E-state index contributed by atoms with van der Waals surface area (Å²) in [6.07, 6.45) is 0.223. The quantitative estimate of drug-likeness (QED) is 0.369. The molecule has 0 aliphatic carbocycles. The number of rotatable bonds is 6. The first kappa shape index (κ1) is 20.8. The van der Waals surface area contributed by atoms with E-state index in [-0.39, 0.29) is 18.9 Å². The van der Waals surface area contributed by atoms with Gasteiger partial charge in [-0.05, 0) is 35.7 Å². The van der Waals surface area contributed by atoms with E-state index in [1.165, 1.54) is 11.3 Å². The van der Waals surface area contributed by atoms with Gasteiger partial charge >= 0.3 is 5.97 Å². The molecule has 0 atom stereocenters. The highest BCUT2D eigenvalue weighted by atomic mass is 32.1. The van der Waals surface area contributed by atoms with Crippen molar-refractivity contribution in [3.05, 3.63) is 88.8 Å². The lowest BCUT2D eigenvalue weighted by Gasteiger charge is -2.10. The number of anilines is 1. The summed E-state index contributed by atoms with van der Waals surface area (Å²) in [6.45, 7) is 4.00. The maximum atomic E-state index is 13.0. The Balaban J connectivity index is 1.67. The molecule has 0 bridgehead atoms. The number of hydrogen-bond acceptors (Lipinski definition) is 4. The summed E-state index contributed by atoms with van der Waals surface area (Å²) in [7, 11) is 0. The van der Waals surface area contributed by atoms with Gasteiger partial charge in [0.1, 0.15) is 10.6 Å². The normalized spacial score (nSPS) is 10.8. The molecule has 0 saturated heterocycles. The molecule has 5 heteroatoms. The van der Waals surface area contributed by atoms with Gasteiger partial charge in [0.15, 0.2) is 0 Å². The number of carbonyl (C=O) groups is 2. The van der Waals surface area contributed by atoms with E-state index in [0.29, 0.717) is 10.6 Å². The molecule has 0 unspecified atom stereocenters. The van der Waals surface area contributed by atoms with Crippen LogP contribution in [0.5, 0.6) is 0 Å². The first-order chi connectivity index (χ1) is 15.1. The van der Waals surface area contributed by atoms with E-state index >= 15 is 0 Å². The lowest BCUT2D eigenvalue weighted by atomic mass is 10.0. The number of thiophene rings is 1. The molecular weight excluding hydrogens is 406 g/mol. The highest BCUT2D eigenvalue weighted by Crippen LogP contribution is 2.40. The number of aryl methyl sites for hydroxylation is 1. The monoisotopic (exact) mass is 429 g/mol. The van der Waals surface area contributed by atoms with Crippen LogP contribution in [0.3, 0.4) is 0 Å². The van der Waals surface area contributed by atoms with Crippen molar-refractivity contribution in [3.8, 4) is 11.1 Å². The van der Waals surface area contributed by atoms with Crippen LogP contribution in [0.15, 0.2) is 72.8 Å². The van der Waals surface area contributed by atoms with Gasteiger partial charge in [-0.25, -0.2) is 4.79 Å². The Hall–Kier alpha value is -3.44. The van der Waals surface area contributed by atoms with E-state index in [4.69, 9.17) is 4.74 Å². The van der Waals surface area contributed by atoms with Gasteiger partial charge in [0.05, 0.1) is 13.0 Å². The minimum absolute atomic E-state index is 0.164. The third-order valence-corrected chi connectivity index (χ3v) is 6.13. The predicted molar refractivity (Wildman–Crippen MR) is 127 cm³/mol. The Morgan fingerprint density at radius 1 is 0.935 bits per heavy atom. The van der Waals surface area contributed by atoms with Gasteiger partial charge in [-0.2, -0.15) is 0 Å². The zero-order valence-electron chi connectivity index (χ0n) is 17.5. The van der Waals surface area contributed by atoms with Gasteiger partial charge < -0.3 is 10.1 Å². The lowest BCUT2D eigenvalue weighted by molar-refractivity contribution is -0.115. The Morgan fingerprint density at radius 2 is 1.65 bits per heavy atom. The van der Waals surface area contributed by atoms with E-state index < -0.39 is 5.97 Å². The molecule has 4 aromatic rings. The average molecular weight is 430 g/mol. The zero-order valence-corrected chi connectivity index (χ0v) is 18.3. The van der Waals surface area contributed by atoms with Crippen molar-refractivity contribution >= 4 is 39.0 Å². The van der Waals surface area contributed by atoms with E-state index in [1.807, 2.05) is 79.7 Å². The van der Waals surface area contributed by atoms with Gasteiger partial charge in [-0.1, -0.05) is 72.8 Å². The topological polar surface area (TPSA) is 55.4 Å². The van der Waals surface area contributed by atoms with Gasteiger partial charge in [-0.15, -0.1) is 11.3 Å². The fourth-order valence-corrected chi connectivity index (χ4v) is 4.85. The molecule has 156 valence electrons. The Bertz CT molecular complexity index is 1240. The van der Waals surface area contributed by atoms with Crippen molar-refractivity contribution < 1.29 is 14.3 Å². The second kappa shape index (κ2) is 9.14. The average Bonchev–Trinajstić information content (AvgIpc) is 3.10. The summed E-state index contributed by atoms with van der Waals surface area (Å²) < 4.78 is 5.32. The number of benzene rings is 3. The van der Waals surface area contributed by atoms with Crippen LogP contribution in [-0.2, 0) is 16.0 Å². The molecule has 1 heterocycles. The minimum atomic E-state index is -0.425. The summed E-state index contributed by atoms with van der Waals surface area (Å²) in [4.78, 5) is 26.7. The van der Waals surface area contributed by atoms with E-state index in [9.17, 15) is 9.59 Å². The number of carbonyl (C=O) groups excluding carboxylic acids is 2.